The third kappa shape index (κ3) is 2.64. The second kappa shape index (κ2) is 3.60. The van der Waals surface area contributed by atoms with E-state index in [0.29, 0.717) is 6.26 Å². The van der Waals surface area contributed by atoms with Crippen molar-refractivity contribution in [3.63, 3.8) is 0 Å². The molecule has 0 aliphatic carbocycles. The van der Waals surface area contributed by atoms with E-state index < -0.39 is 36.1 Å². The molecule has 0 aromatic carbocycles. The number of aliphatic hydroxyl groups excluding tert-OH is 1. The van der Waals surface area contributed by atoms with Crippen LogP contribution in [0.25, 0.3) is 0 Å². The van der Waals surface area contributed by atoms with Crippen LogP contribution in [0.15, 0.2) is 0 Å². The summed E-state index contributed by atoms with van der Waals surface area (Å²) in [5.74, 6) is 0. The number of aliphatic hydroxyl groups is 1. The van der Waals surface area contributed by atoms with Gasteiger partial charge in [-0.1, -0.05) is 0 Å². The standard InChI is InChI=1S/C4H9NO6S2/c1-12(8,9)3(2-6)13(10,11)4(5)7/h3,6H,2H2,1H3,(H2,5,7). The molecule has 0 heterocycles. The molecule has 0 aliphatic rings. The van der Waals surface area contributed by atoms with Crippen LogP contribution in [0.2, 0.25) is 0 Å². The van der Waals surface area contributed by atoms with E-state index in [9.17, 15) is 21.6 Å². The molecule has 0 radical (unpaired) electrons. The maximum absolute atomic E-state index is 10.9. The molecule has 0 aliphatic heterocycles. The van der Waals surface area contributed by atoms with Gasteiger partial charge in [-0.3, -0.25) is 4.79 Å². The minimum absolute atomic E-state index is 0.592. The molecule has 0 saturated carbocycles. The lowest BCUT2D eigenvalue weighted by atomic mass is 10.9. The molecule has 7 nitrogen and oxygen atoms in total. The lowest BCUT2D eigenvalue weighted by Crippen LogP contribution is -2.39. The van der Waals surface area contributed by atoms with E-state index in [-0.39, 0.29) is 0 Å². The summed E-state index contributed by atoms with van der Waals surface area (Å²) in [6.07, 6.45) is 0.592. The predicted octanol–water partition coefficient (Wildman–Crippen LogP) is -2.16. The lowest BCUT2D eigenvalue weighted by Gasteiger charge is -2.09. The van der Waals surface area contributed by atoms with Gasteiger partial charge in [0.1, 0.15) is 0 Å². The summed E-state index contributed by atoms with van der Waals surface area (Å²) < 4.78 is 41.2. The molecule has 1 amide bonds. The summed E-state index contributed by atoms with van der Waals surface area (Å²) in [7, 11) is -8.70. The van der Waals surface area contributed by atoms with E-state index in [0.717, 1.165) is 0 Å². The Morgan fingerprint density at radius 1 is 1.38 bits per heavy atom. The van der Waals surface area contributed by atoms with Gasteiger partial charge in [0.2, 0.25) is 0 Å². The number of carbonyl (C=O) groups excluding carboxylic acids is 1. The fraction of sp³-hybridized carbons (Fsp3) is 0.750. The molecule has 13 heavy (non-hydrogen) atoms. The first-order valence-corrected chi connectivity index (χ1v) is 6.47. The Labute approximate surface area is 75.4 Å². The fourth-order valence-electron chi connectivity index (χ4n) is 0.593. The molecule has 0 spiro atoms. The fourth-order valence-corrected chi connectivity index (χ4v) is 3.44. The minimum Gasteiger partial charge on any atom is -0.394 e. The highest BCUT2D eigenvalue weighted by atomic mass is 32.3. The second-order valence-electron chi connectivity index (χ2n) is 2.31. The molecule has 0 rings (SSSR count). The van der Waals surface area contributed by atoms with Crippen LogP contribution in [-0.2, 0) is 19.7 Å². The third-order valence-electron chi connectivity index (χ3n) is 1.25. The van der Waals surface area contributed by atoms with Gasteiger partial charge in [0.25, 0.3) is 9.84 Å². The first-order valence-electron chi connectivity index (χ1n) is 2.97. The van der Waals surface area contributed by atoms with Crippen molar-refractivity contribution < 1.29 is 26.7 Å². The van der Waals surface area contributed by atoms with E-state index in [1.54, 1.807) is 0 Å². The summed E-state index contributed by atoms with van der Waals surface area (Å²) >= 11 is 0. The highest BCUT2D eigenvalue weighted by Gasteiger charge is 2.38. The first kappa shape index (κ1) is 12.3. The summed E-state index contributed by atoms with van der Waals surface area (Å²) in [6.45, 7) is -1.19. The lowest BCUT2D eigenvalue weighted by molar-refractivity contribution is 0.264. The van der Waals surface area contributed by atoms with Gasteiger partial charge in [-0.15, -0.1) is 0 Å². The van der Waals surface area contributed by atoms with Crippen molar-refractivity contribution in [3.05, 3.63) is 0 Å². The normalized spacial score (nSPS) is 15.2. The van der Waals surface area contributed by atoms with E-state index in [4.69, 9.17) is 5.11 Å². The SMILES string of the molecule is CS(=O)(=O)C(CO)S(=O)(=O)C(N)=O. The number of carbonyl (C=O) groups is 1. The van der Waals surface area contributed by atoms with Crippen molar-refractivity contribution in [1.82, 2.24) is 0 Å². The van der Waals surface area contributed by atoms with Crippen LogP contribution in [0.5, 0.6) is 0 Å². The largest absolute Gasteiger partial charge is 0.394 e. The van der Waals surface area contributed by atoms with Crippen molar-refractivity contribution >= 4 is 24.9 Å². The summed E-state index contributed by atoms with van der Waals surface area (Å²) in [6, 6.07) is 0. The average Bonchev–Trinajstić information content (AvgIpc) is 1.83. The predicted molar refractivity (Wildman–Crippen MR) is 44.2 cm³/mol. The van der Waals surface area contributed by atoms with E-state index in [1.165, 1.54) is 0 Å². The van der Waals surface area contributed by atoms with E-state index in [2.05, 4.69) is 5.73 Å². The van der Waals surface area contributed by atoms with Gasteiger partial charge in [0, 0.05) is 6.26 Å². The van der Waals surface area contributed by atoms with Gasteiger partial charge < -0.3 is 10.8 Å². The van der Waals surface area contributed by atoms with Crippen molar-refractivity contribution in [2.45, 2.75) is 4.58 Å². The zero-order valence-electron chi connectivity index (χ0n) is 6.67. The number of nitrogens with two attached hydrogens (primary N) is 1. The van der Waals surface area contributed by atoms with Crippen molar-refractivity contribution in [1.29, 1.82) is 0 Å². The van der Waals surface area contributed by atoms with Crippen LogP contribution in [-0.4, -0.2) is 44.6 Å². The Morgan fingerprint density at radius 3 is 1.85 bits per heavy atom. The van der Waals surface area contributed by atoms with Crippen LogP contribution in [0.4, 0.5) is 4.79 Å². The number of hydrogen-bond acceptors (Lipinski definition) is 6. The second-order valence-corrected chi connectivity index (χ2v) is 6.89. The van der Waals surface area contributed by atoms with Gasteiger partial charge in [0.15, 0.2) is 14.4 Å². The number of hydrogen-bond donors (Lipinski definition) is 2. The quantitative estimate of drug-likeness (QED) is 0.568. The number of sulfone groups is 2. The van der Waals surface area contributed by atoms with Crippen LogP contribution < -0.4 is 5.73 Å². The molecule has 0 bridgehead atoms. The molecule has 0 aromatic heterocycles. The zero-order chi connectivity index (χ0) is 10.9. The molecule has 3 N–H and O–H groups in total. The zero-order valence-corrected chi connectivity index (χ0v) is 8.30. The molecule has 1 atom stereocenters. The van der Waals surface area contributed by atoms with Gasteiger partial charge >= 0.3 is 5.24 Å². The van der Waals surface area contributed by atoms with Crippen molar-refractivity contribution in [2.24, 2.45) is 5.73 Å². The molecule has 9 heteroatoms. The van der Waals surface area contributed by atoms with E-state index >= 15 is 0 Å². The van der Waals surface area contributed by atoms with Crippen molar-refractivity contribution in [2.75, 3.05) is 12.9 Å². The smallest absolute Gasteiger partial charge is 0.335 e. The monoisotopic (exact) mass is 231 g/mol. The number of primary amides is 1. The van der Waals surface area contributed by atoms with Crippen LogP contribution in [0.1, 0.15) is 0 Å². The molecular formula is C4H9NO6S2. The van der Waals surface area contributed by atoms with Gasteiger partial charge in [-0.05, 0) is 0 Å². The van der Waals surface area contributed by atoms with Crippen LogP contribution in [0, 0.1) is 0 Å². The Balaban J connectivity index is 5.40. The van der Waals surface area contributed by atoms with Gasteiger partial charge in [0.05, 0.1) is 6.61 Å². The van der Waals surface area contributed by atoms with Gasteiger partial charge in [-0.25, -0.2) is 16.8 Å². The number of rotatable bonds is 3. The maximum atomic E-state index is 10.9. The Kier molecular flexibility index (Phi) is 3.41. The summed E-state index contributed by atoms with van der Waals surface area (Å²) in [4.78, 5) is 10.3. The Bertz CT molecular complexity index is 392. The highest BCUT2D eigenvalue weighted by Crippen LogP contribution is 2.08. The minimum atomic E-state index is -4.65. The van der Waals surface area contributed by atoms with Crippen LogP contribution in [0.3, 0.4) is 0 Å². The van der Waals surface area contributed by atoms with Crippen LogP contribution >= 0.6 is 0 Å². The van der Waals surface area contributed by atoms with Gasteiger partial charge in [-0.2, -0.15) is 0 Å². The molecule has 78 valence electrons. The number of amides is 1. The van der Waals surface area contributed by atoms with E-state index in [1.807, 2.05) is 0 Å². The summed E-state index contributed by atoms with van der Waals surface area (Å²) in [5, 5.41) is 6.71. The average molecular weight is 231 g/mol. The molecule has 0 saturated heterocycles. The molecule has 0 aromatic rings. The maximum Gasteiger partial charge on any atom is 0.335 e. The summed E-state index contributed by atoms with van der Waals surface area (Å²) in [5.41, 5.74) is 4.44. The first-order chi connectivity index (χ1) is 5.64. The highest BCUT2D eigenvalue weighted by molar-refractivity contribution is 8.16. The Hall–Kier alpha value is -0.670. The third-order valence-corrected chi connectivity index (χ3v) is 5.57. The van der Waals surface area contributed by atoms with Crippen molar-refractivity contribution in [3.8, 4) is 0 Å². The molecule has 0 fully saturated rings. The molecule has 1 unspecified atom stereocenters. The Morgan fingerprint density at radius 2 is 1.77 bits per heavy atom. The topological polar surface area (TPSA) is 132 Å². The molecular weight excluding hydrogens is 222 g/mol.